The van der Waals surface area contributed by atoms with Crippen molar-refractivity contribution >= 4 is 5.97 Å². The Morgan fingerprint density at radius 2 is 1.83 bits per heavy atom. The Balaban J connectivity index is 1.26. The minimum absolute atomic E-state index is 0.00663. The maximum atomic E-state index is 12.0. The third-order valence-electron chi connectivity index (χ3n) is 4.77. The summed E-state index contributed by atoms with van der Waals surface area (Å²) in [7, 11) is 0. The summed E-state index contributed by atoms with van der Waals surface area (Å²) in [5.41, 5.74) is 0.550. The number of carbonyl (C=O) groups is 1. The molecule has 2 saturated heterocycles. The summed E-state index contributed by atoms with van der Waals surface area (Å²) in [5.74, 6) is -0.331. The average molecular weight is 318 g/mol. The molecule has 0 N–H and O–H groups in total. The average Bonchev–Trinajstić information content (AvgIpc) is 3.33. The molecule has 2 aliphatic heterocycles. The zero-order valence-corrected chi connectivity index (χ0v) is 13.1. The van der Waals surface area contributed by atoms with Gasteiger partial charge in [0.25, 0.3) is 0 Å². The topological polar surface area (TPSA) is 57.3 Å². The van der Waals surface area contributed by atoms with Crippen LogP contribution in [0.5, 0.6) is 0 Å². The first kappa shape index (κ1) is 15.1. The fraction of sp³-hybridized carbons (Fsp3) is 0.611. The van der Waals surface area contributed by atoms with Gasteiger partial charge in [0.1, 0.15) is 24.9 Å². The second kappa shape index (κ2) is 6.59. The SMILES string of the molecule is O=C(OC[C@H]1O[C@H](OC2CCCCC2)[C@H]2O[C@H]21)c1ccccc1. The Labute approximate surface area is 135 Å². The Bertz CT molecular complexity index is 540. The van der Waals surface area contributed by atoms with Gasteiger partial charge in [-0.15, -0.1) is 0 Å². The van der Waals surface area contributed by atoms with E-state index < -0.39 is 0 Å². The van der Waals surface area contributed by atoms with Crippen molar-refractivity contribution in [2.75, 3.05) is 6.61 Å². The molecule has 4 atom stereocenters. The Kier molecular flexibility index (Phi) is 4.33. The lowest BCUT2D eigenvalue weighted by Gasteiger charge is -2.26. The highest BCUT2D eigenvalue weighted by Gasteiger charge is 2.59. The van der Waals surface area contributed by atoms with E-state index in [9.17, 15) is 4.79 Å². The van der Waals surface area contributed by atoms with E-state index in [-0.39, 0.29) is 43.3 Å². The molecule has 0 radical (unpaired) electrons. The van der Waals surface area contributed by atoms with Crippen LogP contribution in [0.25, 0.3) is 0 Å². The van der Waals surface area contributed by atoms with Gasteiger partial charge in [-0.05, 0) is 25.0 Å². The zero-order chi connectivity index (χ0) is 15.6. The molecule has 0 amide bonds. The first-order valence-electron chi connectivity index (χ1n) is 8.50. The molecule has 1 aromatic carbocycles. The second-order valence-corrected chi connectivity index (χ2v) is 6.47. The molecule has 2 heterocycles. The second-order valence-electron chi connectivity index (χ2n) is 6.47. The van der Waals surface area contributed by atoms with E-state index in [2.05, 4.69) is 0 Å². The van der Waals surface area contributed by atoms with Crippen LogP contribution in [-0.2, 0) is 18.9 Å². The van der Waals surface area contributed by atoms with Crippen LogP contribution in [0.3, 0.4) is 0 Å². The van der Waals surface area contributed by atoms with Gasteiger partial charge >= 0.3 is 5.97 Å². The number of hydrogen-bond donors (Lipinski definition) is 0. The van der Waals surface area contributed by atoms with Crippen LogP contribution in [0.4, 0.5) is 0 Å². The molecule has 3 aliphatic rings. The first-order chi connectivity index (χ1) is 11.3. The minimum Gasteiger partial charge on any atom is -0.459 e. The van der Waals surface area contributed by atoms with Gasteiger partial charge in [0, 0.05) is 0 Å². The maximum Gasteiger partial charge on any atom is 0.338 e. The van der Waals surface area contributed by atoms with Crippen molar-refractivity contribution in [2.24, 2.45) is 0 Å². The molecular formula is C18H22O5. The molecule has 23 heavy (non-hydrogen) atoms. The number of hydrogen-bond acceptors (Lipinski definition) is 5. The predicted molar refractivity (Wildman–Crippen MR) is 82.0 cm³/mol. The third kappa shape index (κ3) is 3.42. The highest BCUT2D eigenvalue weighted by Crippen LogP contribution is 2.41. The number of rotatable bonds is 5. The molecule has 124 valence electrons. The van der Waals surface area contributed by atoms with E-state index in [4.69, 9.17) is 18.9 Å². The van der Waals surface area contributed by atoms with E-state index in [1.54, 1.807) is 12.1 Å². The smallest absolute Gasteiger partial charge is 0.338 e. The van der Waals surface area contributed by atoms with Gasteiger partial charge < -0.3 is 18.9 Å². The lowest BCUT2D eigenvalue weighted by Crippen LogP contribution is -2.31. The van der Waals surface area contributed by atoms with Crippen LogP contribution in [0.2, 0.25) is 0 Å². The summed E-state index contributed by atoms with van der Waals surface area (Å²) in [6, 6.07) is 8.98. The van der Waals surface area contributed by atoms with Gasteiger partial charge in [-0.1, -0.05) is 37.5 Å². The Morgan fingerprint density at radius 3 is 2.61 bits per heavy atom. The van der Waals surface area contributed by atoms with Crippen molar-refractivity contribution in [3.05, 3.63) is 35.9 Å². The van der Waals surface area contributed by atoms with Crippen molar-refractivity contribution < 1.29 is 23.7 Å². The molecule has 4 rings (SSSR count). The van der Waals surface area contributed by atoms with Gasteiger partial charge in [-0.2, -0.15) is 0 Å². The predicted octanol–water partition coefficient (Wildman–Crippen LogP) is 2.69. The van der Waals surface area contributed by atoms with Gasteiger partial charge in [0.15, 0.2) is 6.29 Å². The Morgan fingerprint density at radius 1 is 1.04 bits per heavy atom. The largest absolute Gasteiger partial charge is 0.459 e. The molecule has 0 aromatic heterocycles. The van der Waals surface area contributed by atoms with Crippen LogP contribution in [0.1, 0.15) is 42.5 Å². The van der Waals surface area contributed by atoms with Crippen molar-refractivity contribution in [1.29, 1.82) is 0 Å². The number of carbonyl (C=O) groups excluding carboxylic acids is 1. The highest BCUT2D eigenvalue weighted by atomic mass is 16.8. The molecular weight excluding hydrogens is 296 g/mol. The van der Waals surface area contributed by atoms with Gasteiger partial charge in [-0.3, -0.25) is 0 Å². The van der Waals surface area contributed by atoms with Crippen LogP contribution in [0.15, 0.2) is 30.3 Å². The summed E-state index contributed by atoms with van der Waals surface area (Å²) in [5, 5.41) is 0. The fourth-order valence-corrected chi connectivity index (χ4v) is 3.43. The van der Waals surface area contributed by atoms with Crippen molar-refractivity contribution in [2.45, 2.75) is 62.8 Å². The van der Waals surface area contributed by atoms with Crippen molar-refractivity contribution in [1.82, 2.24) is 0 Å². The van der Waals surface area contributed by atoms with Gasteiger partial charge in [0.05, 0.1) is 11.7 Å². The molecule has 0 unspecified atom stereocenters. The highest BCUT2D eigenvalue weighted by molar-refractivity contribution is 5.89. The minimum atomic E-state index is -0.331. The summed E-state index contributed by atoms with van der Waals surface area (Å²) in [6.07, 6.45) is 5.73. The quantitative estimate of drug-likeness (QED) is 0.617. The van der Waals surface area contributed by atoms with E-state index in [0.29, 0.717) is 5.56 Å². The zero-order valence-electron chi connectivity index (χ0n) is 13.1. The molecule has 5 heteroatoms. The molecule has 3 fully saturated rings. The summed E-state index contributed by atoms with van der Waals surface area (Å²) < 4.78 is 22.9. The molecule has 5 nitrogen and oxygen atoms in total. The fourth-order valence-electron chi connectivity index (χ4n) is 3.43. The number of ether oxygens (including phenoxy) is 4. The molecule has 0 bridgehead atoms. The summed E-state index contributed by atoms with van der Waals surface area (Å²) in [4.78, 5) is 12.0. The van der Waals surface area contributed by atoms with Crippen LogP contribution in [-0.4, -0.2) is 43.3 Å². The molecule has 1 saturated carbocycles. The summed E-state index contributed by atoms with van der Waals surface area (Å²) in [6.45, 7) is 0.208. The lowest BCUT2D eigenvalue weighted by atomic mass is 9.98. The van der Waals surface area contributed by atoms with Crippen molar-refractivity contribution in [3.63, 3.8) is 0 Å². The molecule has 1 aromatic rings. The van der Waals surface area contributed by atoms with Gasteiger partial charge in [0.2, 0.25) is 0 Å². The van der Waals surface area contributed by atoms with Crippen molar-refractivity contribution in [3.8, 4) is 0 Å². The van der Waals surface area contributed by atoms with E-state index >= 15 is 0 Å². The molecule has 1 aliphatic carbocycles. The van der Waals surface area contributed by atoms with Crippen LogP contribution < -0.4 is 0 Å². The Hall–Kier alpha value is -1.43. The van der Waals surface area contributed by atoms with Gasteiger partial charge in [-0.25, -0.2) is 4.79 Å². The number of benzene rings is 1. The first-order valence-corrected chi connectivity index (χ1v) is 8.50. The molecule has 0 spiro atoms. The van der Waals surface area contributed by atoms with Crippen LogP contribution in [0, 0.1) is 0 Å². The van der Waals surface area contributed by atoms with E-state index in [0.717, 1.165) is 12.8 Å². The number of epoxide rings is 1. The number of fused-ring (bicyclic) bond motifs is 1. The van der Waals surface area contributed by atoms with E-state index in [1.165, 1.54) is 19.3 Å². The summed E-state index contributed by atoms with van der Waals surface area (Å²) >= 11 is 0. The monoisotopic (exact) mass is 318 g/mol. The van der Waals surface area contributed by atoms with E-state index in [1.807, 2.05) is 18.2 Å². The maximum absolute atomic E-state index is 12.0. The number of esters is 1. The normalized spacial score (nSPS) is 33.2. The third-order valence-corrected chi connectivity index (χ3v) is 4.77. The lowest BCUT2D eigenvalue weighted by molar-refractivity contribution is -0.205. The van der Waals surface area contributed by atoms with Crippen LogP contribution >= 0.6 is 0 Å². The standard InChI is InChI=1S/C18H22O5/c19-17(12-7-3-1-4-8-12)20-11-14-15-16(23-15)18(22-14)21-13-9-5-2-6-10-13/h1,3-4,7-8,13-16,18H,2,5-6,9-11H2/t14-,15+,16+,18+/m1/s1.